The number of hydrogen-bond donors (Lipinski definition) is 3. The van der Waals surface area contributed by atoms with Gasteiger partial charge in [0.25, 0.3) is 0 Å². The molecule has 7 nitrogen and oxygen atoms in total. The van der Waals surface area contributed by atoms with Crippen LogP contribution in [-0.4, -0.2) is 36.4 Å². The number of methoxy groups -OCH3 is 1. The monoisotopic (exact) mass is 377 g/mol. The number of pyridine rings is 2. The SMILES string of the molecule is COc1ncc(Cl)cc1SNc1cnc2c(c1)/C(=C/C=N)NCCO2. The van der Waals surface area contributed by atoms with E-state index in [1.165, 1.54) is 24.4 Å². The minimum absolute atomic E-state index is 0.485. The average Bonchev–Trinajstić information content (AvgIpc) is 2.82. The van der Waals surface area contributed by atoms with Crippen molar-refractivity contribution >= 4 is 41.1 Å². The number of rotatable bonds is 5. The lowest BCUT2D eigenvalue weighted by molar-refractivity contribution is 0.315. The fourth-order valence-corrected chi connectivity index (χ4v) is 3.20. The molecule has 0 fully saturated rings. The maximum absolute atomic E-state index is 7.31. The number of nitrogens with one attached hydrogen (secondary N) is 3. The van der Waals surface area contributed by atoms with Crippen LogP contribution in [0.2, 0.25) is 5.02 Å². The Bertz CT molecular complexity index is 815. The average molecular weight is 378 g/mol. The second kappa shape index (κ2) is 8.09. The summed E-state index contributed by atoms with van der Waals surface area (Å²) in [5, 5.41) is 11.1. The van der Waals surface area contributed by atoms with Gasteiger partial charge in [0.15, 0.2) is 0 Å². The van der Waals surface area contributed by atoms with Crippen molar-refractivity contribution in [1.82, 2.24) is 15.3 Å². The number of hydrogen-bond acceptors (Lipinski definition) is 8. The third-order valence-corrected chi connectivity index (χ3v) is 4.36. The quantitative estimate of drug-likeness (QED) is 0.544. The van der Waals surface area contributed by atoms with Crippen molar-refractivity contribution < 1.29 is 9.47 Å². The lowest BCUT2D eigenvalue weighted by Gasteiger charge is -2.12. The fraction of sp³-hybridized carbons (Fsp3) is 0.188. The largest absolute Gasteiger partial charge is 0.480 e. The molecule has 0 unspecified atom stereocenters. The van der Waals surface area contributed by atoms with Crippen molar-refractivity contribution in [1.29, 1.82) is 5.41 Å². The highest BCUT2D eigenvalue weighted by Gasteiger charge is 2.15. The Balaban J connectivity index is 1.84. The Kier molecular flexibility index (Phi) is 5.62. The molecule has 0 atom stereocenters. The van der Waals surface area contributed by atoms with Crippen LogP contribution in [0.3, 0.4) is 0 Å². The summed E-state index contributed by atoms with van der Waals surface area (Å²) in [6.07, 6.45) is 6.13. The molecule has 3 N–H and O–H groups in total. The second-order valence-corrected chi connectivity index (χ2v) is 6.25. The molecule has 9 heteroatoms. The van der Waals surface area contributed by atoms with E-state index < -0.39 is 0 Å². The van der Waals surface area contributed by atoms with Gasteiger partial charge in [0.2, 0.25) is 11.8 Å². The van der Waals surface area contributed by atoms with Crippen molar-refractivity contribution in [3.63, 3.8) is 0 Å². The molecule has 0 aromatic carbocycles. The summed E-state index contributed by atoms with van der Waals surface area (Å²) in [7, 11) is 1.56. The minimum Gasteiger partial charge on any atom is -0.480 e. The Morgan fingerprint density at radius 3 is 3.08 bits per heavy atom. The molecule has 0 saturated carbocycles. The first kappa shape index (κ1) is 17.4. The first-order chi connectivity index (χ1) is 12.2. The summed E-state index contributed by atoms with van der Waals surface area (Å²) in [6, 6.07) is 3.68. The number of fused-ring (bicyclic) bond motifs is 1. The third kappa shape index (κ3) is 4.15. The molecule has 2 aromatic heterocycles. The standard InChI is InChI=1S/C16H16ClN5O2S/c1-23-16-14(6-10(17)8-20-16)25-22-11-7-12-13(2-3-18)19-4-5-24-15(12)21-9-11/h2-3,6-9,18-19,22H,4-5H2,1H3/b13-2-,18-3?. The van der Waals surface area contributed by atoms with Crippen LogP contribution in [-0.2, 0) is 0 Å². The lowest BCUT2D eigenvalue weighted by Crippen LogP contribution is -2.15. The van der Waals surface area contributed by atoms with Crippen molar-refractivity contribution in [3.05, 3.63) is 41.2 Å². The van der Waals surface area contributed by atoms with Gasteiger partial charge in [-0.1, -0.05) is 11.6 Å². The molecule has 0 saturated heterocycles. The molecule has 3 rings (SSSR count). The predicted octanol–water partition coefficient (Wildman–Crippen LogP) is 3.23. The van der Waals surface area contributed by atoms with Crippen LogP contribution < -0.4 is 19.5 Å². The van der Waals surface area contributed by atoms with Crippen LogP contribution in [0.5, 0.6) is 11.8 Å². The molecule has 0 amide bonds. The molecule has 0 spiro atoms. The highest BCUT2D eigenvalue weighted by atomic mass is 35.5. The van der Waals surface area contributed by atoms with Crippen molar-refractivity contribution in [3.8, 4) is 11.8 Å². The van der Waals surface area contributed by atoms with Gasteiger partial charge in [0.05, 0.1) is 34.5 Å². The van der Waals surface area contributed by atoms with E-state index in [1.807, 2.05) is 6.07 Å². The minimum atomic E-state index is 0.485. The normalized spacial score (nSPS) is 14.7. The molecule has 25 heavy (non-hydrogen) atoms. The van der Waals surface area contributed by atoms with Crippen molar-refractivity contribution in [2.45, 2.75) is 4.90 Å². The summed E-state index contributed by atoms with van der Waals surface area (Å²) in [4.78, 5) is 9.25. The van der Waals surface area contributed by atoms with E-state index in [-0.39, 0.29) is 0 Å². The molecular weight excluding hydrogens is 362 g/mol. The maximum atomic E-state index is 7.31. The molecule has 1 aliphatic rings. The molecule has 0 radical (unpaired) electrons. The highest BCUT2D eigenvalue weighted by molar-refractivity contribution is 8.00. The van der Waals surface area contributed by atoms with Gasteiger partial charge < -0.3 is 24.9 Å². The summed E-state index contributed by atoms with van der Waals surface area (Å²) in [6.45, 7) is 1.17. The Morgan fingerprint density at radius 2 is 2.28 bits per heavy atom. The Labute approximate surface area is 154 Å². The zero-order valence-corrected chi connectivity index (χ0v) is 14.9. The third-order valence-electron chi connectivity index (χ3n) is 3.30. The zero-order chi connectivity index (χ0) is 17.6. The van der Waals surface area contributed by atoms with Crippen LogP contribution in [0.1, 0.15) is 5.56 Å². The number of aromatic nitrogens is 2. The van der Waals surface area contributed by atoms with Gasteiger partial charge in [0, 0.05) is 24.7 Å². The van der Waals surface area contributed by atoms with E-state index in [2.05, 4.69) is 20.0 Å². The molecule has 0 bridgehead atoms. The number of allylic oxidation sites excluding steroid dienone is 1. The van der Waals surface area contributed by atoms with Gasteiger partial charge in [-0.05, 0) is 30.2 Å². The van der Waals surface area contributed by atoms with Crippen molar-refractivity contribution in [2.75, 3.05) is 25.0 Å². The van der Waals surface area contributed by atoms with E-state index in [0.717, 1.165) is 21.8 Å². The summed E-state index contributed by atoms with van der Waals surface area (Å²) < 4.78 is 14.1. The number of anilines is 1. The van der Waals surface area contributed by atoms with Crippen LogP contribution in [0.25, 0.3) is 5.70 Å². The van der Waals surface area contributed by atoms with Gasteiger partial charge >= 0.3 is 0 Å². The second-order valence-electron chi connectivity index (χ2n) is 4.96. The van der Waals surface area contributed by atoms with Crippen LogP contribution in [0.15, 0.2) is 35.5 Å². The van der Waals surface area contributed by atoms with Gasteiger partial charge in [-0.15, -0.1) is 0 Å². The smallest absolute Gasteiger partial charge is 0.228 e. The van der Waals surface area contributed by atoms with E-state index in [9.17, 15) is 0 Å². The van der Waals surface area contributed by atoms with E-state index in [0.29, 0.717) is 29.9 Å². The first-order valence-electron chi connectivity index (χ1n) is 7.41. The summed E-state index contributed by atoms with van der Waals surface area (Å²) in [5.41, 5.74) is 2.36. The van der Waals surface area contributed by atoms with Crippen LogP contribution in [0.4, 0.5) is 5.69 Å². The summed E-state index contributed by atoms with van der Waals surface area (Å²) >= 11 is 7.32. The molecule has 0 aliphatic carbocycles. The highest BCUT2D eigenvalue weighted by Crippen LogP contribution is 2.32. The molecule has 1 aliphatic heterocycles. The molecule has 2 aromatic rings. The van der Waals surface area contributed by atoms with Gasteiger partial charge in [-0.2, -0.15) is 0 Å². The number of ether oxygens (including phenoxy) is 2. The Morgan fingerprint density at radius 1 is 1.40 bits per heavy atom. The molecule has 130 valence electrons. The van der Waals surface area contributed by atoms with Gasteiger partial charge in [-0.3, -0.25) is 0 Å². The maximum Gasteiger partial charge on any atom is 0.228 e. The predicted molar refractivity (Wildman–Crippen MR) is 99.8 cm³/mol. The fourth-order valence-electron chi connectivity index (χ4n) is 2.23. The van der Waals surface area contributed by atoms with E-state index >= 15 is 0 Å². The first-order valence-corrected chi connectivity index (χ1v) is 8.61. The summed E-state index contributed by atoms with van der Waals surface area (Å²) in [5.74, 6) is 1.02. The molecular formula is C16H16ClN5O2S. The van der Waals surface area contributed by atoms with E-state index in [1.54, 1.807) is 25.4 Å². The topological polar surface area (TPSA) is 92.2 Å². The van der Waals surface area contributed by atoms with Crippen LogP contribution >= 0.6 is 23.5 Å². The number of halogens is 1. The zero-order valence-electron chi connectivity index (χ0n) is 13.4. The lowest BCUT2D eigenvalue weighted by atomic mass is 10.2. The van der Waals surface area contributed by atoms with E-state index in [4.69, 9.17) is 26.5 Å². The molecule has 3 heterocycles. The van der Waals surface area contributed by atoms with Crippen molar-refractivity contribution in [2.24, 2.45) is 0 Å². The van der Waals surface area contributed by atoms with Crippen LogP contribution in [0, 0.1) is 5.41 Å². The Hall–Kier alpha value is -2.45. The van der Waals surface area contributed by atoms with Gasteiger partial charge in [-0.25, -0.2) is 9.97 Å². The van der Waals surface area contributed by atoms with Gasteiger partial charge in [0.1, 0.15) is 6.61 Å². The number of nitrogens with zero attached hydrogens (tertiary/aromatic N) is 2.